The zero-order valence-corrected chi connectivity index (χ0v) is 21.6. The molecule has 0 bridgehead atoms. The number of carbonyl (C=O) groups excluding carboxylic acids is 2. The first kappa shape index (κ1) is 26.0. The molecular weight excluding hydrogens is 516 g/mol. The van der Waals surface area contributed by atoms with Gasteiger partial charge in [0.15, 0.2) is 28.8 Å². The Labute approximate surface area is 223 Å². The minimum Gasteiger partial charge on any atom is -0.493 e. The maximum atomic E-state index is 13.1. The van der Waals surface area contributed by atoms with Crippen molar-refractivity contribution in [1.29, 1.82) is 0 Å². The van der Waals surface area contributed by atoms with Gasteiger partial charge in [-0.05, 0) is 41.6 Å². The minimum atomic E-state index is -1.36. The lowest BCUT2D eigenvalue weighted by molar-refractivity contribution is -0.130. The molecule has 0 saturated heterocycles. The van der Waals surface area contributed by atoms with Gasteiger partial charge in [0, 0.05) is 21.8 Å². The average Bonchev–Trinajstić information content (AvgIpc) is 3.55. The molecule has 5 rings (SSSR count). The molecule has 0 amide bonds. The Morgan fingerprint density at radius 2 is 1.74 bits per heavy atom. The third-order valence-electron chi connectivity index (χ3n) is 6.52. The number of benzene rings is 3. The van der Waals surface area contributed by atoms with E-state index in [0.29, 0.717) is 61.8 Å². The molecule has 38 heavy (non-hydrogen) atoms. The van der Waals surface area contributed by atoms with Crippen molar-refractivity contribution in [3.05, 3.63) is 41.5 Å². The number of methoxy groups -OCH3 is 2. The van der Waals surface area contributed by atoms with Gasteiger partial charge in [0.2, 0.25) is 6.79 Å². The number of ketones is 1. The summed E-state index contributed by atoms with van der Waals surface area (Å²) in [6.45, 7) is -0.648. The van der Waals surface area contributed by atoms with E-state index in [1.54, 1.807) is 18.2 Å². The molecule has 200 valence electrons. The van der Waals surface area contributed by atoms with Crippen molar-refractivity contribution < 1.29 is 48.2 Å². The van der Waals surface area contributed by atoms with E-state index in [1.807, 2.05) is 12.1 Å². The van der Waals surface area contributed by atoms with E-state index < -0.39 is 29.7 Å². The molecule has 11 heteroatoms. The van der Waals surface area contributed by atoms with Gasteiger partial charge in [0.1, 0.15) is 25.1 Å². The number of fused-ring (bicyclic) bond motifs is 3. The van der Waals surface area contributed by atoms with E-state index >= 15 is 0 Å². The van der Waals surface area contributed by atoms with E-state index in [2.05, 4.69) is 12.6 Å². The standard InChI is InChI=1S/C27H26O10S/c1-32-21-7-15-16(8-22(21)33-2)26(34-10-14(38)6-18(29)19(30)9-28)17-11-35-27(31)25(17)24(15)13-3-4-20-23(5-13)37-12-36-20/h3-5,7-8,14,18,28-29,38H,6,9-12H2,1-2H3. The quantitative estimate of drug-likeness (QED) is 0.260. The van der Waals surface area contributed by atoms with Gasteiger partial charge in [0.05, 0.1) is 26.4 Å². The Morgan fingerprint density at radius 3 is 2.45 bits per heavy atom. The van der Waals surface area contributed by atoms with Crippen LogP contribution in [0.4, 0.5) is 0 Å². The lowest BCUT2D eigenvalue weighted by Gasteiger charge is -2.21. The van der Waals surface area contributed by atoms with E-state index in [-0.39, 0.29) is 26.4 Å². The van der Waals surface area contributed by atoms with Crippen molar-refractivity contribution in [2.75, 3.05) is 34.2 Å². The SMILES string of the molecule is COc1cc2c(OCC(S)CC(O)C(=O)CO)c3c(c(-c4ccc5c(c4)OCO5)c2cc1OC)C(=O)OC3. The Balaban J connectivity index is 1.66. The number of aliphatic hydroxyl groups excluding tert-OH is 2. The molecule has 0 fully saturated rings. The van der Waals surface area contributed by atoms with Gasteiger partial charge in [-0.1, -0.05) is 6.07 Å². The lowest BCUT2D eigenvalue weighted by atomic mass is 9.89. The molecule has 2 unspecified atom stereocenters. The van der Waals surface area contributed by atoms with Gasteiger partial charge in [-0.25, -0.2) is 4.79 Å². The fourth-order valence-corrected chi connectivity index (χ4v) is 4.94. The van der Waals surface area contributed by atoms with Crippen LogP contribution in [-0.4, -0.2) is 67.5 Å². The number of carbonyl (C=O) groups is 2. The molecule has 0 saturated carbocycles. The highest BCUT2D eigenvalue weighted by Crippen LogP contribution is 2.49. The monoisotopic (exact) mass is 542 g/mol. The summed E-state index contributed by atoms with van der Waals surface area (Å²) in [5, 5.41) is 19.7. The first-order chi connectivity index (χ1) is 18.4. The average molecular weight is 543 g/mol. The predicted molar refractivity (Wildman–Crippen MR) is 139 cm³/mol. The molecule has 10 nitrogen and oxygen atoms in total. The van der Waals surface area contributed by atoms with Gasteiger partial charge in [-0.3, -0.25) is 4.79 Å². The van der Waals surface area contributed by atoms with Gasteiger partial charge in [0.25, 0.3) is 0 Å². The number of Topliss-reactive ketones (excluding diaryl/α,β-unsaturated/α-hetero) is 1. The number of hydrogen-bond acceptors (Lipinski definition) is 11. The van der Waals surface area contributed by atoms with Gasteiger partial charge in [-0.2, -0.15) is 12.6 Å². The summed E-state index contributed by atoms with van der Waals surface area (Å²) in [7, 11) is 3.04. The summed E-state index contributed by atoms with van der Waals surface area (Å²) in [5.41, 5.74) is 2.24. The Kier molecular flexibility index (Phi) is 7.24. The van der Waals surface area contributed by atoms with Crippen LogP contribution in [0.1, 0.15) is 22.3 Å². The van der Waals surface area contributed by atoms with Crippen LogP contribution < -0.4 is 23.7 Å². The third-order valence-corrected chi connectivity index (χ3v) is 6.88. The molecule has 0 radical (unpaired) electrons. The Morgan fingerprint density at radius 1 is 1.03 bits per heavy atom. The molecule has 0 aromatic heterocycles. The Bertz CT molecular complexity index is 1420. The smallest absolute Gasteiger partial charge is 0.339 e. The molecule has 2 N–H and O–H groups in total. The second-order valence-corrected chi connectivity index (χ2v) is 9.53. The van der Waals surface area contributed by atoms with Crippen LogP contribution in [0.5, 0.6) is 28.7 Å². The summed E-state index contributed by atoms with van der Waals surface area (Å²) in [6.07, 6.45) is -1.39. The number of aliphatic hydroxyl groups is 2. The highest BCUT2D eigenvalue weighted by atomic mass is 32.1. The van der Waals surface area contributed by atoms with E-state index in [9.17, 15) is 14.7 Å². The summed E-state index contributed by atoms with van der Waals surface area (Å²) in [4.78, 5) is 24.6. The fourth-order valence-electron chi connectivity index (χ4n) is 4.67. The normalized spacial score (nSPS) is 15.1. The van der Waals surface area contributed by atoms with Crippen molar-refractivity contribution >= 4 is 35.2 Å². The molecule has 2 aliphatic heterocycles. The van der Waals surface area contributed by atoms with Gasteiger partial charge < -0.3 is 38.6 Å². The molecule has 2 aliphatic rings. The van der Waals surface area contributed by atoms with Crippen LogP contribution in [-0.2, 0) is 16.1 Å². The molecule has 0 aliphatic carbocycles. The number of thiol groups is 1. The van der Waals surface area contributed by atoms with Crippen LogP contribution in [0, 0.1) is 0 Å². The topological polar surface area (TPSA) is 130 Å². The number of ether oxygens (including phenoxy) is 6. The summed E-state index contributed by atoms with van der Waals surface area (Å²) < 4.78 is 33.7. The van der Waals surface area contributed by atoms with Crippen molar-refractivity contribution in [3.8, 4) is 39.9 Å². The highest BCUT2D eigenvalue weighted by Gasteiger charge is 2.34. The fraction of sp³-hybridized carbons (Fsp3) is 0.333. The summed E-state index contributed by atoms with van der Waals surface area (Å²) in [5.74, 6) is 1.28. The molecule has 2 heterocycles. The van der Waals surface area contributed by atoms with Crippen LogP contribution in [0.3, 0.4) is 0 Å². The molecular formula is C27H26O10S. The zero-order valence-electron chi connectivity index (χ0n) is 20.7. The largest absolute Gasteiger partial charge is 0.493 e. The summed E-state index contributed by atoms with van der Waals surface area (Å²) >= 11 is 4.45. The number of esters is 1. The lowest BCUT2D eigenvalue weighted by Crippen LogP contribution is -2.28. The molecule has 3 aromatic rings. The van der Waals surface area contributed by atoms with Crippen LogP contribution in [0.25, 0.3) is 21.9 Å². The first-order valence-corrected chi connectivity index (χ1v) is 12.3. The second kappa shape index (κ2) is 10.6. The van der Waals surface area contributed by atoms with Crippen molar-refractivity contribution in [2.24, 2.45) is 0 Å². The third kappa shape index (κ3) is 4.57. The maximum absolute atomic E-state index is 13.1. The van der Waals surface area contributed by atoms with Crippen molar-refractivity contribution in [1.82, 2.24) is 0 Å². The number of cyclic esters (lactones) is 1. The molecule has 0 spiro atoms. The van der Waals surface area contributed by atoms with Gasteiger partial charge >= 0.3 is 5.97 Å². The van der Waals surface area contributed by atoms with Crippen LogP contribution >= 0.6 is 12.6 Å². The molecule has 2 atom stereocenters. The summed E-state index contributed by atoms with van der Waals surface area (Å²) in [6, 6.07) is 8.97. The van der Waals surface area contributed by atoms with E-state index in [1.165, 1.54) is 14.2 Å². The second-order valence-electron chi connectivity index (χ2n) is 8.80. The number of hydrogen-bond donors (Lipinski definition) is 3. The number of rotatable bonds is 10. The predicted octanol–water partition coefficient (Wildman–Crippen LogP) is 2.91. The van der Waals surface area contributed by atoms with E-state index in [4.69, 9.17) is 33.5 Å². The van der Waals surface area contributed by atoms with Crippen molar-refractivity contribution in [3.63, 3.8) is 0 Å². The Hall–Kier alpha value is -3.67. The van der Waals surface area contributed by atoms with E-state index in [0.717, 1.165) is 0 Å². The van der Waals surface area contributed by atoms with Crippen LogP contribution in [0.15, 0.2) is 30.3 Å². The van der Waals surface area contributed by atoms with Crippen LogP contribution in [0.2, 0.25) is 0 Å². The maximum Gasteiger partial charge on any atom is 0.339 e. The highest BCUT2D eigenvalue weighted by molar-refractivity contribution is 7.81. The molecule has 3 aromatic carbocycles. The van der Waals surface area contributed by atoms with Crippen molar-refractivity contribution in [2.45, 2.75) is 24.4 Å². The first-order valence-electron chi connectivity index (χ1n) is 11.8. The minimum absolute atomic E-state index is 0.00576. The van der Waals surface area contributed by atoms with Gasteiger partial charge in [-0.15, -0.1) is 0 Å². The zero-order chi connectivity index (χ0) is 27.0.